The quantitative estimate of drug-likeness (QED) is 0.231. The van der Waals surface area contributed by atoms with E-state index < -0.39 is 18.3 Å². The minimum Gasteiger partial charge on any atom is -0.468 e. The average Bonchev–Trinajstić information content (AvgIpc) is 3.00. The molecule has 5 N–H and O–H groups in total. The maximum atomic E-state index is 11.0. The molecule has 4 unspecified atom stereocenters. The van der Waals surface area contributed by atoms with Crippen LogP contribution in [0.15, 0.2) is 0 Å². The number of epoxide rings is 1. The summed E-state index contributed by atoms with van der Waals surface area (Å²) < 4.78 is 9.31. The summed E-state index contributed by atoms with van der Waals surface area (Å²) in [5, 5.41) is 8.95. The fourth-order valence-corrected chi connectivity index (χ4v) is 3.30. The first-order valence-electron chi connectivity index (χ1n) is 4.73. The number of carbonyl (C=O) groups is 1. The highest BCUT2D eigenvalue weighted by Crippen LogP contribution is 2.28. The van der Waals surface area contributed by atoms with Crippen molar-refractivity contribution in [3.8, 4) is 0 Å². The Morgan fingerprint density at radius 3 is 2.56 bits per heavy atom. The zero-order valence-corrected chi connectivity index (χ0v) is 10.5. The van der Waals surface area contributed by atoms with Gasteiger partial charge in [0.2, 0.25) is 0 Å². The van der Waals surface area contributed by atoms with E-state index >= 15 is 0 Å². The van der Waals surface area contributed by atoms with Crippen LogP contribution >= 0.6 is 21.6 Å². The third kappa shape index (κ3) is 4.48. The van der Waals surface area contributed by atoms with Gasteiger partial charge in [0.15, 0.2) is 6.29 Å². The van der Waals surface area contributed by atoms with E-state index in [0.29, 0.717) is 11.5 Å². The molecule has 0 aliphatic carbocycles. The van der Waals surface area contributed by atoms with Crippen LogP contribution < -0.4 is 11.5 Å². The van der Waals surface area contributed by atoms with Crippen molar-refractivity contribution in [2.45, 2.75) is 24.5 Å². The van der Waals surface area contributed by atoms with Gasteiger partial charge in [0.1, 0.15) is 12.1 Å². The maximum absolute atomic E-state index is 11.0. The van der Waals surface area contributed by atoms with E-state index in [1.54, 1.807) is 0 Å². The first-order valence-corrected chi connectivity index (χ1v) is 7.22. The molecule has 1 fully saturated rings. The first kappa shape index (κ1) is 14.1. The highest BCUT2D eigenvalue weighted by atomic mass is 33.1. The highest BCUT2D eigenvalue weighted by Gasteiger charge is 2.41. The summed E-state index contributed by atoms with van der Waals surface area (Å²) in [5.41, 5.74) is 11.3. The number of rotatable bonds is 7. The third-order valence-corrected chi connectivity index (χ3v) is 4.52. The van der Waals surface area contributed by atoms with Crippen LogP contribution in [0.4, 0.5) is 0 Å². The Labute approximate surface area is 102 Å². The number of hydrogen-bond donors (Lipinski definition) is 3. The Bertz CT molecular complexity index is 244. The van der Waals surface area contributed by atoms with Crippen LogP contribution in [0.5, 0.6) is 0 Å². The second kappa shape index (κ2) is 6.67. The number of methoxy groups -OCH3 is 1. The molecule has 8 heteroatoms. The van der Waals surface area contributed by atoms with Crippen molar-refractivity contribution in [3.05, 3.63) is 0 Å². The van der Waals surface area contributed by atoms with Crippen molar-refractivity contribution in [2.24, 2.45) is 11.5 Å². The van der Waals surface area contributed by atoms with E-state index in [9.17, 15) is 4.79 Å². The number of hydrogen-bond acceptors (Lipinski definition) is 8. The molecular weight excluding hydrogens is 252 g/mol. The van der Waals surface area contributed by atoms with Gasteiger partial charge in [0.05, 0.1) is 7.11 Å². The van der Waals surface area contributed by atoms with E-state index in [4.69, 9.17) is 21.3 Å². The van der Waals surface area contributed by atoms with Gasteiger partial charge in [0, 0.05) is 17.5 Å². The molecule has 16 heavy (non-hydrogen) atoms. The van der Waals surface area contributed by atoms with E-state index in [1.165, 1.54) is 28.7 Å². The lowest BCUT2D eigenvalue weighted by Crippen LogP contribution is -2.34. The van der Waals surface area contributed by atoms with Crippen LogP contribution in [-0.2, 0) is 14.3 Å². The number of esters is 1. The topological polar surface area (TPSA) is 111 Å². The molecule has 6 nitrogen and oxygen atoms in total. The molecule has 1 rings (SSSR count). The molecule has 1 heterocycles. The molecule has 0 bridgehead atoms. The zero-order valence-electron chi connectivity index (χ0n) is 8.87. The van der Waals surface area contributed by atoms with E-state index in [0.717, 1.165) is 0 Å². The molecule has 1 aliphatic heterocycles. The third-order valence-electron chi connectivity index (χ3n) is 2.02. The predicted molar refractivity (Wildman–Crippen MR) is 63.8 cm³/mol. The van der Waals surface area contributed by atoms with Gasteiger partial charge < -0.3 is 26.0 Å². The number of ether oxygens (including phenoxy) is 2. The molecule has 0 aromatic carbocycles. The maximum Gasteiger partial charge on any atom is 0.323 e. The minimum absolute atomic E-state index is 0.193. The summed E-state index contributed by atoms with van der Waals surface area (Å²) >= 11 is 0. The normalized spacial score (nSPS) is 27.2. The Morgan fingerprint density at radius 2 is 2.06 bits per heavy atom. The fourth-order valence-electron chi connectivity index (χ4n) is 0.990. The van der Waals surface area contributed by atoms with E-state index in [1.807, 2.05) is 0 Å². The summed E-state index contributed by atoms with van der Waals surface area (Å²) in [6.07, 6.45) is -0.958. The molecular formula is C8H16N2O4S2. The summed E-state index contributed by atoms with van der Waals surface area (Å²) in [7, 11) is 4.26. The van der Waals surface area contributed by atoms with Gasteiger partial charge in [-0.15, -0.1) is 0 Å². The van der Waals surface area contributed by atoms with Crippen molar-refractivity contribution in [2.75, 3.05) is 18.6 Å². The standard InChI is InChI=1S/C8H16N2O4S2/c1-13-7(11)5(10)3-16-15-2-4(9)6-8(12)14-6/h4-6,8,12H,2-3,9-10H2,1H3. The second-order valence-corrected chi connectivity index (χ2v) is 5.91. The van der Waals surface area contributed by atoms with Gasteiger partial charge in [-0.25, -0.2) is 0 Å². The number of carbonyl (C=O) groups excluding carboxylic acids is 1. The van der Waals surface area contributed by atoms with Gasteiger partial charge in [0.25, 0.3) is 0 Å². The van der Waals surface area contributed by atoms with Gasteiger partial charge in [-0.2, -0.15) is 0 Å². The van der Waals surface area contributed by atoms with Crippen LogP contribution in [0.2, 0.25) is 0 Å². The van der Waals surface area contributed by atoms with E-state index in [-0.39, 0.29) is 12.1 Å². The zero-order chi connectivity index (χ0) is 12.1. The van der Waals surface area contributed by atoms with E-state index in [2.05, 4.69) is 4.74 Å². The molecule has 0 spiro atoms. The monoisotopic (exact) mass is 268 g/mol. The molecule has 0 aromatic rings. The molecule has 4 atom stereocenters. The molecule has 1 saturated heterocycles. The van der Waals surface area contributed by atoms with Crippen LogP contribution in [-0.4, -0.2) is 54.2 Å². The summed E-state index contributed by atoms with van der Waals surface area (Å²) in [5.74, 6) is 0.691. The number of nitrogens with two attached hydrogens (primary N) is 2. The van der Waals surface area contributed by atoms with Crippen LogP contribution in [0.3, 0.4) is 0 Å². The van der Waals surface area contributed by atoms with Gasteiger partial charge in [-0.1, -0.05) is 21.6 Å². The largest absolute Gasteiger partial charge is 0.468 e. The Kier molecular flexibility index (Phi) is 5.87. The molecule has 94 valence electrons. The average molecular weight is 268 g/mol. The highest BCUT2D eigenvalue weighted by molar-refractivity contribution is 8.76. The lowest BCUT2D eigenvalue weighted by atomic mass is 10.3. The first-order chi connectivity index (χ1) is 7.56. The minimum atomic E-state index is -0.710. The molecule has 0 radical (unpaired) electrons. The molecule has 0 saturated carbocycles. The number of aliphatic hydroxyl groups excluding tert-OH is 1. The van der Waals surface area contributed by atoms with Crippen molar-refractivity contribution < 1.29 is 19.4 Å². The second-order valence-electron chi connectivity index (χ2n) is 3.35. The Balaban J connectivity index is 2.01. The van der Waals surface area contributed by atoms with Crippen molar-refractivity contribution >= 4 is 27.6 Å². The number of aliphatic hydroxyl groups is 1. The summed E-state index contributed by atoms with van der Waals surface area (Å²) in [4.78, 5) is 11.0. The van der Waals surface area contributed by atoms with Crippen LogP contribution in [0.25, 0.3) is 0 Å². The Morgan fingerprint density at radius 1 is 1.50 bits per heavy atom. The van der Waals surface area contributed by atoms with Gasteiger partial charge in [-0.3, -0.25) is 4.79 Å². The lowest BCUT2D eigenvalue weighted by Gasteiger charge is -2.09. The van der Waals surface area contributed by atoms with Crippen LogP contribution in [0, 0.1) is 0 Å². The van der Waals surface area contributed by atoms with Gasteiger partial charge >= 0.3 is 5.97 Å². The van der Waals surface area contributed by atoms with Crippen molar-refractivity contribution in [1.82, 2.24) is 0 Å². The smallest absolute Gasteiger partial charge is 0.323 e. The lowest BCUT2D eigenvalue weighted by molar-refractivity contribution is -0.141. The molecule has 0 aromatic heterocycles. The van der Waals surface area contributed by atoms with Gasteiger partial charge in [-0.05, 0) is 0 Å². The summed E-state index contributed by atoms with van der Waals surface area (Å²) in [6.45, 7) is 0. The Hall–Kier alpha value is 0.01000. The molecule has 1 aliphatic rings. The van der Waals surface area contributed by atoms with Crippen LogP contribution in [0.1, 0.15) is 0 Å². The molecule has 0 amide bonds. The fraction of sp³-hybridized carbons (Fsp3) is 0.875. The van der Waals surface area contributed by atoms with Crippen molar-refractivity contribution in [1.29, 1.82) is 0 Å². The summed E-state index contributed by atoms with van der Waals surface area (Å²) in [6, 6.07) is -0.802. The predicted octanol–water partition coefficient (Wildman–Crippen LogP) is -1.09. The van der Waals surface area contributed by atoms with Crippen molar-refractivity contribution in [3.63, 3.8) is 0 Å². The SMILES string of the molecule is COC(=O)C(N)CSSCC(N)C1OC1O.